The Morgan fingerprint density at radius 3 is 1.65 bits per heavy atom. The Kier molecular flexibility index (Phi) is 13.7. The van der Waals surface area contributed by atoms with Crippen molar-refractivity contribution in [2.24, 2.45) is 0 Å². The van der Waals surface area contributed by atoms with E-state index in [0.717, 1.165) is 25.7 Å². The lowest BCUT2D eigenvalue weighted by molar-refractivity contribution is -0.402. The first-order valence-electron chi connectivity index (χ1n) is 8.24. The van der Waals surface area contributed by atoms with Gasteiger partial charge in [0.05, 0.1) is 13.2 Å². The SMILES string of the molecule is CCCCCCOC([O])(COCC)OCCCCCC. The van der Waals surface area contributed by atoms with Crippen molar-refractivity contribution in [2.45, 2.75) is 78.1 Å². The molecule has 0 aliphatic rings. The molecule has 4 nitrogen and oxygen atoms in total. The van der Waals surface area contributed by atoms with E-state index in [9.17, 15) is 5.11 Å². The van der Waals surface area contributed by atoms with Crippen molar-refractivity contribution >= 4 is 0 Å². The van der Waals surface area contributed by atoms with Crippen LogP contribution >= 0.6 is 0 Å². The van der Waals surface area contributed by atoms with E-state index < -0.39 is 5.97 Å². The molecule has 4 heteroatoms. The molecule has 0 spiro atoms. The van der Waals surface area contributed by atoms with Gasteiger partial charge in [0.15, 0.2) is 0 Å². The van der Waals surface area contributed by atoms with Gasteiger partial charge >= 0.3 is 5.97 Å². The maximum absolute atomic E-state index is 12.4. The number of rotatable bonds is 15. The van der Waals surface area contributed by atoms with Gasteiger partial charge in [0.25, 0.3) is 0 Å². The van der Waals surface area contributed by atoms with Crippen molar-refractivity contribution in [1.82, 2.24) is 0 Å². The Labute approximate surface area is 124 Å². The fourth-order valence-corrected chi connectivity index (χ4v) is 1.87. The van der Waals surface area contributed by atoms with Crippen LogP contribution < -0.4 is 0 Å². The van der Waals surface area contributed by atoms with Gasteiger partial charge < -0.3 is 14.2 Å². The summed E-state index contributed by atoms with van der Waals surface area (Å²) in [6.45, 7) is 7.55. The Morgan fingerprint density at radius 2 is 1.25 bits per heavy atom. The average molecular weight is 289 g/mol. The topological polar surface area (TPSA) is 47.6 Å². The van der Waals surface area contributed by atoms with E-state index in [2.05, 4.69) is 13.8 Å². The molecular formula is C16H33O4. The second kappa shape index (κ2) is 13.8. The summed E-state index contributed by atoms with van der Waals surface area (Å²) in [6, 6.07) is 0. The minimum atomic E-state index is -1.82. The van der Waals surface area contributed by atoms with Gasteiger partial charge in [-0.1, -0.05) is 52.4 Å². The zero-order valence-corrected chi connectivity index (χ0v) is 13.6. The van der Waals surface area contributed by atoms with Crippen LogP contribution in [0.4, 0.5) is 0 Å². The summed E-state index contributed by atoms with van der Waals surface area (Å²) >= 11 is 0. The van der Waals surface area contributed by atoms with Gasteiger partial charge in [0.2, 0.25) is 0 Å². The van der Waals surface area contributed by atoms with Gasteiger partial charge in [-0.05, 0) is 19.8 Å². The Hall–Kier alpha value is -0.160. The fourth-order valence-electron chi connectivity index (χ4n) is 1.87. The largest absolute Gasteiger partial charge is 0.373 e. The molecule has 0 aromatic rings. The van der Waals surface area contributed by atoms with Crippen LogP contribution in [0, 0.1) is 0 Å². The lowest BCUT2D eigenvalue weighted by Crippen LogP contribution is -2.40. The number of hydrogen-bond donors (Lipinski definition) is 0. The van der Waals surface area contributed by atoms with E-state index in [1.807, 2.05) is 6.92 Å². The van der Waals surface area contributed by atoms with Crippen molar-refractivity contribution < 1.29 is 19.3 Å². The summed E-state index contributed by atoms with van der Waals surface area (Å²) in [6.07, 6.45) is 8.71. The molecule has 0 bridgehead atoms. The summed E-state index contributed by atoms with van der Waals surface area (Å²) in [5.41, 5.74) is 0. The summed E-state index contributed by atoms with van der Waals surface area (Å²) in [5, 5.41) is 12.4. The van der Waals surface area contributed by atoms with E-state index in [0.29, 0.717) is 19.8 Å². The van der Waals surface area contributed by atoms with Gasteiger partial charge in [-0.2, -0.15) is 5.11 Å². The zero-order valence-electron chi connectivity index (χ0n) is 13.6. The summed E-state index contributed by atoms with van der Waals surface area (Å²) in [4.78, 5) is 0. The molecule has 1 radical (unpaired) electrons. The normalized spacial score (nSPS) is 12.0. The Balaban J connectivity index is 3.88. The van der Waals surface area contributed by atoms with Crippen LogP contribution in [0.25, 0.3) is 0 Å². The van der Waals surface area contributed by atoms with Crippen LogP contribution in [-0.4, -0.2) is 32.4 Å². The summed E-state index contributed by atoms with van der Waals surface area (Å²) in [7, 11) is 0. The van der Waals surface area contributed by atoms with E-state index in [1.165, 1.54) is 25.7 Å². The molecule has 0 aromatic carbocycles. The third-order valence-corrected chi connectivity index (χ3v) is 3.12. The maximum atomic E-state index is 12.4. The van der Waals surface area contributed by atoms with Crippen molar-refractivity contribution in [2.75, 3.05) is 26.4 Å². The lowest BCUT2D eigenvalue weighted by atomic mass is 10.2. The highest BCUT2D eigenvalue weighted by molar-refractivity contribution is 4.54. The second-order valence-corrected chi connectivity index (χ2v) is 5.14. The van der Waals surface area contributed by atoms with Gasteiger partial charge in [-0.15, -0.1) is 0 Å². The predicted octanol–water partition coefficient (Wildman–Crippen LogP) is 4.30. The molecule has 20 heavy (non-hydrogen) atoms. The molecule has 0 aromatic heterocycles. The first kappa shape index (κ1) is 19.8. The molecule has 0 aliphatic carbocycles. The Morgan fingerprint density at radius 1 is 0.750 bits per heavy atom. The third kappa shape index (κ3) is 11.6. The third-order valence-electron chi connectivity index (χ3n) is 3.12. The second-order valence-electron chi connectivity index (χ2n) is 5.14. The van der Waals surface area contributed by atoms with Crippen molar-refractivity contribution in [3.8, 4) is 0 Å². The molecule has 0 N–H and O–H groups in total. The minimum Gasteiger partial charge on any atom is -0.373 e. The molecule has 0 fully saturated rings. The monoisotopic (exact) mass is 289 g/mol. The van der Waals surface area contributed by atoms with Gasteiger partial charge in [0.1, 0.15) is 6.61 Å². The van der Waals surface area contributed by atoms with Crippen LogP contribution in [0.3, 0.4) is 0 Å². The highest BCUT2D eigenvalue weighted by Crippen LogP contribution is 2.14. The maximum Gasteiger partial charge on any atom is 0.336 e. The van der Waals surface area contributed by atoms with Crippen LogP contribution in [-0.2, 0) is 19.3 Å². The number of hydrogen-bond acceptors (Lipinski definition) is 3. The summed E-state index contributed by atoms with van der Waals surface area (Å²) in [5.74, 6) is -1.82. The lowest BCUT2D eigenvalue weighted by Gasteiger charge is -2.25. The first-order valence-corrected chi connectivity index (χ1v) is 8.24. The first-order chi connectivity index (χ1) is 9.68. The van der Waals surface area contributed by atoms with E-state index >= 15 is 0 Å². The number of unbranched alkanes of at least 4 members (excludes halogenated alkanes) is 6. The predicted molar refractivity (Wildman–Crippen MR) is 80.1 cm³/mol. The zero-order chi connectivity index (χ0) is 15.1. The molecule has 0 saturated heterocycles. The molecule has 121 valence electrons. The average Bonchev–Trinajstić information content (AvgIpc) is 2.45. The van der Waals surface area contributed by atoms with Crippen molar-refractivity contribution in [1.29, 1.82) is 0 Å². The van der Waals surface area contributed by atoms with E-state index in [-0.39, 0.29) is 6.61 Å². The van der Waals surface area contributed by atoms with Crippen LogP contribution in [0.2, 0.25) is 0 Å². The molecule has 0 saturated carbocycles. The molecule has 0 rings (SSSR count). The fraction of sp³-hybridized carbons (Fsp3) is 1.00. The Bertz CT molecular complexity index is 183. The highest BCUT2D eigenvalue weighted by atomic mass is 16.8. The molecule has 0 unspecified atom stereocenters. The van der Waals surface area contributed by atoms with Crippen molar-refractivity contribution in [3.05, 3.63) is 0 Å². The summed E-state index contributed by atoms with van der Waals surface area (Å²) < 4.78 is 16.0. The quantitative estimate of drug-likeness (QED) is 0.333. The van der Waals surface area contributed by atoms with Gasteiger partial charge in [0, 0.05) is 6.61 Å². The van der Waals surface area contributed by atoms with E-state index in [4.69, 9.17) is 14.2 Å². The highest BCUT2D eigenvalue weighted by Gasteiger charge is 2.31. The molecular weight excluding hydrogens is 256 g/mol. The van der Waals surface area contributed by atoms with Crippen LogP contribution in [0.5, 0.6) is 0 Å². The standard InChI is InChI=1S/C16H33O4/c1-4-7-9-11-13-19-16(17,15-18-6-3)20-14-12-10-8-5-2/h4-15H2,1-3H3. The molecule has 0 aliphatic heterocycles. The minimum absolute atomic E-state index is 0.0367. The molecule has 0 atom stereocenters. The molecule has 0 heterocycles. The van der Waals surface area contributed by atoms with Gasteiger partial charge in [-0.3, -0.25) is 0 Å². The van der Waals surface area contributed by atoms with Crippen LogP contribution in [0.15, 0.2) is 0 Å². The number of ether oxygens (including phenoxy) is 3. The smallest absolute Gasteiger partial charge is 0.336 e. The molecule has 0 amide bonds. The van der Waals surface area contributed by atoms with Gasteiger partial charge in [-0.25, -0.2) is 0 Å². The van der Waals surface area contributed by atoms with Crippen LogP contribution in [0.1, 0.15) is 72.1 Å². The van der Waals surface area contributed by atoms with Crippen molar-refractivity contribution in [3.63, 3.8) is 0 Å². The van der Waals surface area contributed by atoms with E-state index in [1.54, 1.807) is 0 Å².